The fourth-order valence-corrected chi connectivity index (χ4v) is 7.64. The van der Waals surface area contributed by atoms with Crippen LogP contribution in [0.4, 0.5) is 5.13 Å². The molecule has 0 spiro atoms. The number of benzene rings is 2. The van der Waals surface area contributed by atoms with Gasteiger partial charge in [-0.2, -0.15) is 0 Å². The molecule has 42 heavy (non-hydrogen) atoms. The van der Waals surface area contributed by atoms with Crippen molar-refractivity contribution in [2.75, 3.05) is 11.5 Å². The van der Waals surface area contributed by atoms with Crippen LogP contribution in [0.15, 0.2) is 64.2 Å². The molecule has 1 aliphatic rings. The SMILES string of the molecule is CCCCCOc1ccc(C2C(C(=O)c3sc(C)nc3C)=C(O)C(=O)N2c2nnc(SCc3ccccc3Cl)s2)cc1. The Kier molecular flexibility index (Phi) is 9.62. The number of thiazole rings is 1. The molecule has 0 aliphatic carbocycles. The van der Waals surface area contributed by atoms with Crippen LogP contribution >= 0.6 is 46.0 Å². The van der Waals surface area contributed by atoms with Crippen LogP contribution in [-0.4, -0.2) is 38.6 Å². The van der Waals surface area contributed by atoms with Gasteiger partial charge in [-0.1, -0.05) is 84.8 Å². The molecule has 0 bridgehead atoms. The third-order valence-corrected chi connectivity index (χ3v) is 10.2. The number of rotatable bonds is 12. The fraction of sp³-hybridized carbons (Fsp3) is 0.300. The fourth-order valence-electron chi connectivity index (χ4n) is 4.62. The molecule has 1 N–H and O–H groups in total. The highest BCUT2D eigenvalue weighted by atomic mass is 35.5. The molecule has 1 aliphatic heterocycles. The van der Waals surface area contributed by atoms with E-state index < -0.39 is 23.5 Å². The Morgan fingerprint density at radius 3 is 2.55 bits per heavy atom. The molecule has 0 saturated heterocycles. The maximum atomic E-state index is 13.9. The number of ether oxygens (including phenoxy) is 1. The van der Waals surface area contributed by atoms with Gasteiger partial charge in [0.1, 0.15) is 5.75 Å². The molecule has 5 rings (SSSR count). The minimum absolute atomic E-state index is 0.0103. The van der Waals surface area contributed by atoms with Gasteiger partial charge in [-0.25, -0.2) is 4.98 Å². The normalized spacial score (nSPS) is 15.1. The number of carbonyl (C=O) groups is 2. The van der Waals surface area contributed by atoms with E-state index in [2.05, 4.69) is 22.1 Å². The summed E-state index contributed by atoms with van der Waals surface area (Å²) in [6.45, 7) is 6.30. The number of Topliss-reactive ketones (excluding diaryl/α,β-unsaturated/α-hetero) is 1. The van der Waals surface area contributed by atoms with Crippen LogP contribution in [0, 0.1) is 13.8 Å². The molecule has 1 unspecified atom stereocenters. The second-order valence-electron chi connectivity index (χ2n) is 9.67. The van der Waals surface area contributed by atoms with E-state index in [1.807, 2.05) is 55.5 Å². The Hall–Kier alpha value is -3.25. The molecule has 12 heteroatoms. The van der Waals surface area contributed by atoms with Crippen molar-refractivity contribution in [1.29, 1.82) is 0 Å². The van der Waals surface area contributed by atoms with Crippen molar-refractivity contribution in [2.24, 2.45) is 0 Å². The van der Waals surface area contributed by atoms with Crippen molar-refractivity contribution in [3.63, 3.8) is 0 Å². The molecule has 2 aromatic carbocycles. The van der Waals surface area contributed by atoms with E-state index in [1.54, 1.807) is 6.92 Å². The van der Waals surface area contributed by atoms with E-state index in [9.17, 15) is 14.7 Å². The topological polar surface area (TPSA) is 106 Å². The first kappa shape index (κ1) is 30.2. The Balaban J connectivity index is 1.47. The number of aromatic nitrogens is 3. The summed E-state index contributed by atoms with van der Waals surface area (Å²) >= 11 is 10.2. The number of aliphatic hydroxyl groups is 1. The molecule has 4 aromatic rings. The second kappa shape index (κ2) is 13.4. The zero-order valence-electron chi connectivity index (χ0n) is 23.3. The molecule has 0 fully saturated rings. The number of hydrogen-bond donors (Lipinski definition) is 1. The van der Waals surface area contributed by atoms with Crippen LogP contribution < -0.4 is 9.64 Å². The van der Waals surface area contributed by atoms with Crippen molar-refractivity contribution < 1.29 is 19.4 Å². The molecule has 218 valence electrons. The molecule has 1 amide bonds. The molecule has 1 atom stereocenters. The third kappa shape index (κ3) is 6.39. The Labute approximate surface area is 261 Å². The average Bonchev–Trinajstić information content (AvgIpc) is 3.66. The number of thioether (sulfide) groups is 1. The molecule has 0 saturated carbocycles. The second-order valence-corrected chi connectivity index (χ2v) is 13.5. The van der Waals surface area contributed by atoms with Crippen molar-refractivity contribution in [2.45, 2.75) is 56.2 Å². The summed E-state index contributed by atoms with van der Waals surface area (Å²) < 4.78 is 6.49. The number of nitrogens with zero attached hydrogens (tertiary/aromatic N) is 4. The van der Waals surface area contributed by atoms with Gasteiger partial charge in [-0.15, -0.1) is 21.5 Å². The third-order valence-electron chi connectivity index (χ3n) is 6.69. The van der Waals surface area contributed by atoms with Crippen LogP contribution in [0.1, 0.15) is 63.7 Å². The Morgan fingerprint density at radius 2 is 1.86 bits per heavy atom. The van der Waals surface area contributed by atoms with Gasteiger partial charge in [0.15, 0.2) is 10.1 Å². The first-order chi connectivity index (χ1) is 20.3. The predicted molar refractivity (Wildman–Crippen MR) is 168 cm³/mol. The van der Waals surface area contributed by atoms with E-state index >= 15 is 0 Å². The zero-order chi connectivity index (χ0) is 29.8. The number of aliphatic hydroxyl groups excluding tert-OH is 1. The van der Waals surface area contributed by atoms with E-state index in [-0.39, 0.29) is 10.7 Å². The quantitative estimate of drug-likeness (QED) is 0.0721. The molecular formula is C30H29ClN4O4S3. The average molecular weight is 641 g/mol. The largest absolute Gasteiger partial charge is 0.503 e. The summed E-state index contributed by atoms with van der Waals surface area (Å²) in [6, 6.07) is 13.9. The number of anilines is 1. The lowest BCUT2D eigenvalue weighted by molar-refractivity contribution is -0.117. The lowest BCUT2D eigenvalue weighted by Gasteiger charge is -2.24. The molecule has 3 heterocycles. The predicted octanol–water partition coefficient (Wildman–Crippen LogP) is 7.91. The van der Waals surface area contributed by atoms with Crippen molar-refractivity contribution in [1.82, 2.24) is 15.2 Å². The standard InChI is InChI=1S/C30H29ClN4O4S3/c1-4-5-8-15-39-21-13-11-19(12-14-21)24-23(25(36)27-17(2)32-18(3)41-27)26(37)28(38)35(24)29-33-34-30(42-29)40-16-20-9-6-7-10-22(20)31/h6-7,9-14,24,37H,4-5,8,15-16H2,1-3H3. The van der Waals surface area contributed by atoms with E-state index in [0.717, 1.165) is 29.8 Å². The highest BCUT2D eigenvalue weighted by Crippen LogP contribution is 2.45. The van der Waals surface area contributed by atoms with Gasteiger partial charge in [-0.05, 0) is 49.6 Å². The Morgan fingerprint density at radius 1 is 1.10 bits per heavy atom. The molecule has 8 nitrogen and oxygen atoms in total. The van der Waals surface area contributed by atoms with Crippen molar-refractivity contribution in [3.05, 3.63) is 91.6 Å². The highest BCUT2D eigenvalue weighted by Gasteiger charge is 2.46. The number of hydrogen-bond acceptors (Lipinski definition) is 10. The Bertz CT molecular complexity index is 1630. The van der Waals surface area contributed by atoms with Crippen LogP contribution in [-0.2, 0) is 10.5 Å². The summed E-state index contributed by atoms with van der Waals surface area (Å²) in [6.07, 6.45) is 3.15. The maximum absolute atomic E-state index is 13.9. The van der Waals surface area contributed by atoms with Gasteiger partial charge < -0.3 is 9.84 Å². The lowest BCUT2D eigenvalue weighted by Crippen LogP contribution is -2.31. The maximum Gasteiger partial charge on any atom is 0.296 e. The van der Waals surface area contributed by atoms with Crippen LogP contribution in [0.3, 0.4) is 0 Å². The number of ketones is 1. The van der Waals surface area contributed by atoms with Crippen LogP contribution in [0.5, 0.6) is 5.75 Å². The van der Waals surface area contributed by atoms with E-state index in [1.165, 1.54) is 39.3 Å². The number of halogens is 1. The monoisotopic (exact) mass is 640 g/mol. The van der Waals surface area contributed by atoms with E-state index in [0.29, 0.717) is 43.6 Å². The minimum atomic E-state index is -0.907. The van der Waals surface area contributed by atoms with Crippen LogP contribution in [0.2, 0.25) is 5.02 Å². The molecular weight excluding hydrogens is 612 g/mol. The number of aryl methyl sites for hydroxylation is 2. The smallest absolute Gasteiger partial charge is 0.296 e. The first-order valence-corrected chi connectivity index (χ1v) is 16.5. The van der Waals surface area contributed by atoms with Crippen molar-refractivity contribution in [3.8, 4) is 5.75 Å². The summed E-state index contributed by atoms with van der Waals surface area (Å²) in [5.41, 5.74) is 2.13. The summed E-state index contributed by atoms with van der Waals surface area (Å²) in [4.78, 5) is 33.5. The lowest BCUT2D eigenvalue weighted by atomic mass is 9.95. The molecule has 2 aromatic heterocycles. The summed E-state index contributed by atoms with van der Waals surface area (Å²) in [5.74, 6) is -0.483. The van der Waals surface area contributed by atoms with Gasteiger partial charge >= 0.3 is 0 Å². The van der Waals surface area contributed by atoms with Gasteiger partial charge in [-0.3, -0.25) is 14.5 Å². The summed E-state index contributed by atoms with van der Waals surface area (Å²) in [5, 5.41) is 21.4. The number of unbranched alkanes of at least 4 members (excludes halogenated alkanes) is 2. The number of amides is 1. The first-order valence-electron chi connectivity index (χ1n) is 13.5. The highest BCUT2D eigenvalue weighted by molar-refractivity contribution is 8.00. The van der Waals surface area contributed by atoms with Crippen LogP contribution in [0.25, 0.3) is 0 Å². The molecule has 0 radical (unpaired) electrons. The van der Waals surface area contributed by atoms with Gasteiger partial charge in [0.05, 0.1) is 33.8 Å². The summed E-state index contributed by atoms with van der Waals surface area (Å²) in [7, 11) is 0. The van der Waals surface area contributed by atoms with Gasteiger partial charge in [0.25, 0.3) is 5.91 Å². The minimum Gasteiger partial charge on any atom is -0.503 e. The van der Waals surface area contributed by atoms with Crippen molar-refractivity contribution >= 4 is 62.9 Å². The van der Waals surface area contributed by atoms with Gasteiger partial charge in [0, 0.05) is 10.8 Å². The van der Waals surface area contributed by atoms with Gasteiger partial charge in [0.2, 0.25) is 10.9 Å². The zero-order valence-corrected chi connectivity index (χ0v) is 26.5. The van der Waals surface area contributed by atoms with E-state index in [4.69, 9.17) is 16.3 Å². The number of carbonyl (C=O) groups excluding carboxylic acids is 2.